The van der Waals surface area contributed by atoms with Gasteiger partial charge in [0.1, 0.15) is 0 Å². The number of hydrogen-bond donors (Lipinski definition) is 0. The molecule has 0 saturated heterocycles. The van der Waals surface area contributed by atoms with Crippen molar-refractivity contribution in [2.24, 2.45) is 0 Å². The van der Waals surface area contributed by atoms with E-state index in [1.807, 2.05) is 0 Å². The quantitative estimate of drug-likeness (QED) is 0.115. The third-order valence-electron chi connectivity index (χ3n) is 18.5. The third kappa shape index (κ3) is 8.45. The summed E-state index contributed by atoms with van der Waals surface area (Å²) < 4.78 is 0. The van der Waals surface area contributed by atoms with Crippen LogP contribution in [0.15, 0.2) is 340 Å². The van der Waals surface area contributed by atoms with Crippen LogP contribution >= 0.6 is 0 Å². The Morgan fingerprint density at radius 3 is 0.841 bits per heavy atom. The lowest BCUT2D eigenvalue weighted by molar-refractivity contribution is 1.63. The minimum absolute atomic E-state index is 1.22. The van der Waals surface area contributed by atoms with Crippen LogP contribution in [0.1, 0.15) is 0 Å². The predicted octanol–water partition coefficient (Wildman–Crippen LogP) is 24.9. The Hall–Kier alpha value is -11.4. The maximum absolute atomic E-state index is 2.37. The maximum Gasteiger partial charge on any atom is -0.00264 e. The molecule has 0 saturated carbocycles. The van der Waals surface area contributed by atoms with Gasteiger partial charge < -0.3 is 0 Å². The summed E-state index contributed by atoms with van der Waals surface area (Å²) in [5.74, 6) is 0. The lowest BCUT2D eigenvalue weighted by Crippen LogP contribution is -1.91. The van der Waals surface area contributed by atoms with E-state index in [0.29, 0.717) is 0 Å². The molecule has 408 valence electrons. The number of rotatable bonds is 6. The standard InChI is InChI=1S/2C44H28/c1-2-13-31(14-3-1)42-37-18-8-10-20-39(37)43(40-21-11-9-19-38(40)42)32-25-22-30(23-26-32)41-28-33-27-24-29-12-4-5-15-34(29)44(33)36-17-7-6-16-35(36)41;1-2-12-30(13-3-1)43-38-18-8-10-20-40(38)44(41-21-11-9-19-39(41)43)31-24-22-29(23-25-31)32-26-27-37-35-16-5-4-14-33(35)34-15-6-7-17-36(34)42(37)28-32/h2*1-28H. The van der Waals surface area contributed by atoms with Gasteiger partial charge in [-0.25, -0.2) is 0 Å². The van der Waals surface area contributed by atoms with Crippen LogP contribution in [0.2, 0.25) is 0 Å². The first-order valence-corrected chi connectivity index (χ1v) is 30.6. The van der Waals surface area contributed by atoms with E-state index >= 15 is 0 Å². The SMILES string of the molecule is c1ccc(-c2c3ccccc3c(-c3ccc(-c4cc5ccc6ccccc6c5c5ccccc45)cc3)c3ccccc23)cc1.c1ccc(-c2c3ccccc3c(-c3ccc(-c4ccc5c6ccccc6c6ccccc6c5c4)cc3)c3ccccc23)cc1. The lowest BCUT2D eigenvalue weighted by atomic mass is 9.85. The van der Waals surface area contributed by atoms with E-state index in [2.05, 4.69) is 340 Å². The normalized spacial score (nSPS) is 11.6. The molecule has 0 aliphatic rings. The molecule has 0 atom stereocenters. The summed E-state index contributed by atoms with van der Waals surface area (Å²) in [7, 11) is 0. The van der Waals surface area contributed by atoms with Crippen LogP contribution in [0, 0.1) is 0 Å². The van der Waals surface area contributed by atoms with Gasteiger partial charge in [0.05, 0.1) is 0 Å². The van der Waals surface area contributed by atoms with Gasteiger partial charge in [0, 0.05) is 0 Å². The first kappa shape index (κ1) is 51.0. The van der Waals surface area contributed by atoms with Crippen LogP contribution in [-0.4, -0.2) is 0 Å². The zero-order valence-corrected chi connectivity index (χ0v) is 48.3. The summed E-state index contributed by atoms with van der Waals surface area (Å²) in [5.41, 5.74) is 15.1. The molecule has 0 N–H and O–H groups in total. The molecule has 0 nitrogen and oxygen atoms in total. The van der Waals surface area contributed by atoms with Crippen LogP contribution in [0.5, 0.6) is 0 Å². The molecular weight excluding hydrogens is 1060 g/mol. The molecule has 0 heterocycles. The second kappa shape index (κ2) is 21.3. The van der Waals surface area contributed by atoms with Crippen molar-refractivity contribution in [1.29, 1.82) is 0 Å². The second-order valence-electron chi connectivity index (χ2n) is 23.3. The highest BCUT2D eigenvalue weighted by atomic mass is 14.2. The molecular formula is C88H56. The molecule has 0 unspecified atom stereocenters. The van der Waals surface area contributed by atoms with Crippen LogP contribution in [0.3, 0.4) is 0 Å². The summed E-state index contributed by atoms with van der Waals surface area (Å²) in [4.78, 5) is 0. The first-order chi connectivity index (χ1) is 43.7. The van der Waals surface area contributed by atoms with Gasteiger partial charge in [-0.05, 0) is 187 Å². The molecule has 0 bridgehead atoms. The number of fused-ring (bicyclic) bond motifs is 15. The Balaban J connectivity index is 0.000000137. The van der Waals surface area contributed by atoms with E-state index < -0.39 is 0 Å². The largest absolute Gasteiger partial charge is 0.0622 e. The van der Waals surface area contributed by atoms with Crippen LogP contribution < -0.4 is 0 Å². The van der Waals surface area contributed by atoms with Gasteiger partial charge in [-0.15, -0.1) is 0 Å². The highest BCUT2D eigenvalue weighted by molar-refractivity contribution is 6.27. The summed E-state index contributed by atoms with van der Waals surface area (Å²) in [6, 6.07) is 124. The highest BCUT2D eigenvalue weighted by Crippen LogP contribution is 2.47. The molecule has 18 rings (SSSR count). The molecule has 0 aromatic heterocycles. The maximum atomic E-state index is 2.37. The Kier molecular flexibility index (Phi) is 12.3. The van der Waals surface area contributed by atoms with Crippen molar-refractivity contribution in [3.63, 3.8) is 0 Å². The van der Waals surface area contributed by atoms with E-state index in [9.17, 15) is 0 Å². The molecule has 18 aromatic rings. The summed E-state index contributed by atoms with van der Waals surface area (Å²) in [5, 5.41) is 25.8. The van der Waals surface area contributed by atoms with Crippen molar-refractivity contribution in [3.05, 3.63) is 340 Å². The predicted molar refractivity (Wildman–Crippen MR) is 381 cm³/mol. The van der Waals surface area contributed by atoms with Crippen molar-refractivity contribution in [1.82, 2.24) is 0 Å². The Labute approximate surface area is 511 Å². The number of benzene rings is 18. The summed E-state index contributed by atoms with van der Waals surface area (Å²) >= 11 is 0. The fraction of sp³-hybridized carbons (Fsp3) is 0. The lowest BCUT2D eigenvalue weighted by Gasteiger charge is -2.18. The average molecular weight is 1110 g/mol. The molecule has 18 aromatic carbocycles. The molecule has 0 spiro atoms. The Morgan fingerprint density at radius 2 is 0.409 bits per heavy atom. The van der Waals surface area contributed by atoms with Gasteiger partial charge in [-0.1, -0.05) is 328 Å². The molecule has 0 amide bonds. The fourth-order valence-corrected chi connectivity index (χ4v) is 14.6. The molecule has 88 heavy (non-hydrogen) atoms. The Bertz CT molecular complexity index is 5600. The zero-order chi connectivity index (χ0) is 58.1. The van der Waals surface area contributed by atoms with E-state index in [0.717, 1.165) is 0 Å². The molecule has 0 fully saturated rings. The second-order valence-corrected chi connectivity index (χ2v) is 23.3. The summed E-state index contributed by atoms with van der Waals surface area (Å²) in [6.07, 6.45) is 0. The Morgan fingerprint density at radius 1 is 0.125 bits per heavy atom. The van der Waals surface area contributed by atoms with Crippen LogP contribution in [-0.2, 0) is 0 Å². The fourth-order valence-electron chi connectivity index (χ4n) is 14.6. The average Bonchev–Trinajstić information content (AvgIpc) is 1.07. The van der Waals surface area contributed by atoms with Gasteiger partial charge in [0.25, 0.3) is 0 Å². The van der Waals surface area contributed by atoms with Gasteiger partial charge in [-0.3, -0.25) is 0 Å². The third-order valence-corrected chi connectivity index (χ3v) is 18.5. The molecule has 0 aliphatic heterocycles. The first-order valence-electron chi connectivity index (χ1n) is 30.6. The van der Waals surface area contributed by atoms with Crippen molar-refractivity contribution in [2.45, 2.75) is 0 Å². The highest BCUT2D eigenvalue weighted by Gasteiger charge is 2.20. The van der Waals surface area contributed by atoms with E-state index in [4.69, 9.17) is 0 Å². The van der Waals surface area contributed by atoms with Crippen molar-refractivity contribution >= 4 is 108 Å². The van der Waals surface area contributed by atoms with Gasteiger partial charge in [0.15, 0.2) is 0 Å². The van der Waals surface area contributed by atoms with Crippen LogP contribution in [0.25, 0.3) is 174 Å². The van der Waals surface area contributed by atoms with Crippen LogP contribution in [0.4, 0.5) is 0 Å². The van der Waals surface area contributed by atoms with Gasteiger partial charge >= 0.3 is 0 Å². The zero-order valence-electron chi connectivity index (χ0n) is 48.3. The number of hydrogen-bond acceptors (Lipinski definition) is 0. The minimum atomic E-state index is 1.22. The molecule has 0 aliphatic carbocycles. The van der Waals surface area contributed by atoms with Crippen molar-refractivity contribution in [2.75, 3.05) is 0 Å². The van der Waals surface area contributed by atoms with E-state index in [1.54, 1.807) is 0 Å². The molecule has 0 heteroatoms. The molecule has 0 radical (unpaired) electrons. The topological polar surface area (TPSA) is 0 Å². The van der Waals surface area contributed by atoms with E-state index in [-0.39, 0.29) is 0 Å². The van der Waals surface area contributed by atoms with Crippen molar-refractivity contribution in [3.8, 4) is 66.8 Å². The smallest absolute Gasteiger partial charge is 0.00264 e. The monoisotopic (exact) mass is 1110 g/mol. The van der Waals surface area contributed by atoms with Gasteiger partial charge in [-0.2, -0.15) is 0 Å². The minimum Gasteiger partial charge on any atom is -0.0622 e. The van der Waals surface area contributed by atoms with E-state index in [1.165, 1.54) is 174 Å². The van der Waals surface area contributed by atoms with Crippen molar-refractivity contribution < 1.29 is 0 Å². The summed E-state index contributed by atoms with van der Waals surface area (Å²) in [6.45, 7) is 0. The van der Waals surface area contributed by atoms with Gasteiger partial charge in [0.2, 0.25) is 0 Å².